The lowest BCUT2D eigenvalue weighted by Gasteiger charge is -1.61. The molecule has 0 amide bonds. The van der Waals surface area contributed by atoms with Gasteiger partial charge >= 0.3 is 0 Å². The van der Waals surface area contributed by atoms with E-state index in [1.54, 1.807) is 6.08 Å². The molecule has 8 heavy (non-hydrogen) atoms. The van der Waals surface area contributed by atoms with Crippen LogP contribution in [0, 0.1) is 0 Å². The maximum absolute atomic E-state index is 4.91. The first-order valence-electron chi connectivity index (χ1n) is 2.22. The van der Waals surface area contributed by atoms with Crippen molar-refractivity contribution >= 4 is 12.4 Å². The van der Waals surface area contributed by atoms with Crippen molar-refractivity contribution in [2.75, 3.05) is 20.6 Å². The van der Waals surface area contributed by atoms with Gasteiger partial charge in [0.25, 0.3) is 0 Å². The van der Waals surface area contributed by atoms with Crippen LogP contribution >= 0.6 is 12.4 Å². The molecule has 0 unspecified atom stereocenters. The third-order valence-electron chi connectivity index (χ3n) is 0.167. The van der Waals surface area contributed by atoms with Gasteiger partial charge in [-0.1, -0.05) is 6.08 Å². The van der Waals surface area contributed by atoms with Crippen LogP contribution in [0.3, 0.4) is 0 Å². The van der Waals surface area contributed by atoms with Crippen molar-refractivity contribution in [3.8, 4) is 0 Å². The Morgan fingerprint density at radius 2 is 1.75 bits per heavy atom. The largest absolute Gasteiger partial charge is 0.327 e. The van der Waals surface area contributed by atoms with Gasteiger partial charge in [-0.3, -0.25) is 0 Å². The third kappa shape index (κ3) is 162. The molecular formula is C5H15ClN2. The molecule has 0 aliphatic carbocycles. The number of halogens is 1. The molecule has 0 spiro atoms. The second-order valence-corrected chi connectivity index (χ2v) is 1.02. The fourth-order valence-corrected chi connectivity index (χ4v) is 0. The van der Waals surface area contributed by atoms with Crippen LogP contribution in [0.2, 0.25) is 0 Å². The summed E-state index contributed by atoms with van der Waals surface area (Å²) in [7, 11) is 3.75. The minimum atomic E-state index is 0. The quantitative estimate of drug-likeness (QED) is 0.515. The molecule has 0 aliphatic heterocycles. The van der Waals surface area contributed by atoms with Crippen molar-refractivity contribution in [3.05, 3.63) is 12.7 Å². The zero-order valence-corrected chi connectivity index (χ0v) is 6.29. The highest BCUT2D eigenvalue weighted by Crippen LogP contribution is 1.40. The first kappa shape index (κ1) is 15.7. The summed E-state index contributed by atoms with van der Waals surface area (Å²) in [6, 6.07) is 0. The Bertz CT molecular complexity index is 31.6. The van der Waals surface area contributed by atoms with E-state index < -0.39 is 0 Å². The van der Waals surface area contributed by atoms with Crippen LogP contribution in [-0.4, -0.2) is 20.6 Å². The Morgan fingerprint density at radius 1 is 1.62 bits per heavy atom. The van der Waals surface area contributed by atoms with Crippen LogP contribution in [0.5, 0.6) is 0 Å². The first-order valence-corrected chi connectivity index (χ1v) is 2.22. The normalized spacial score (nSPS) is 5.38. The van der Waals surface area contributed by atoms with Gasteiger partial charge in [0.15, 0.2) is 0 Å². The van der Waals surface area contributed by atoms with E-state index in [-0.39, 0.29) is 12.4 Å². The van der Waals surface area contributed by atoms with E-state index >= 15 is 0 Å². The fraction of sp³-hybridized carbons (Fsp3) is 0.600. The summed E-state index contributed by atoms with van der Waals surface area (Å²) in [4.78, 5) is 0. The van der Waals surface area contributed by atoms with Crippen LogP contribution in [0.25, 0.3) is 0 Å². The molecule has 0 rings (SSSR count). The summed E-state index contributed by atoms with van der Waals surface area (Å²) in [5, 5.41) is 2.75. The van der Waals surface area contributed by atoms with E-state index in [0.717, 1.165) is 0 Å². The second kappa shape index (κ2) is 28.3. The van der Waals surface area contributed by atoms with Gasteiger partial charge < -0.3 is 11.1 Å². The van der Waals surface area contributed by atoms with Gasteiger partial charge in [-0.05, 0) is 14.1 Å². The maximum atomic E-state index is 4.91. The highest BCUT2D eigenvalue weighted by molar-refractivity contribution is 5.85. The number of nitrogens with one attached hydrogen (secondary N) is 1. The third-order valence-corrected chi connectivity index (χ3v) is 0.167. The molecule has 0 saturated carbocycles. The van der Waals surface area contributed by atoms with Crippen molar-refractivity contribution in [2.45, 2.75) is 0 Å². The maximum Gasteiger partial charge on any atom is 0.0104 e. The molecule has 0 atom stereocenters. The van der Waals surface area contributed by atoms with E-state index in [1.807, 2.05) is 14.1 Å². The molecule has 0 aromatic rings. The number of hydrogen-bond donors (Lipinski definition) is 2. The molecule has 0 bridgehead atoms. The number of hydrogen-bond acceptors (Lipinski definition) is 2. The summed E-state index contributed by atoms with van der Waals surface area (Å²) in [6.07, 6.45) is 1.65. The topological polar surface area (TPSA) is 38.0 Å². The molecule has 0 aromatic heterocycles. The highest BCUT2D eigenvalue weighted by atomic mass is 35.5. The Morgan fingerprint density at radius 3 is 1.75 bits per heavy atom. The summed E-state index contributed by atoms with van der Waals surface area (Å²) < 4.78 is 0. The van der Waals surface area contributed by atoms with Crippen molar-refractivity contribution in [1.82, 2.24) is 5.32 Å². The predicted molar refractivity (Wildman–Crippen MR) is 41.5 cm³/mol. The van der Waals surface area contributed by atoms with Crippen LogP contribution in [0.4, 0.5) is 0 Å². The highest BCUT2D eigenvalue weighted by Gasteiger charge is 1.43. The molecule has 0 heterocycles. The monoisotopic (exact) mass is 138 g/mol. The van der Waals surface area contributed by atoms with Crippen molar-refractivity contribution in [1.29, 1.82) is 0 Å². The Hall–Kier alpha value is -0.0500. The average Bonchev–Trinajstić information content (AvgIpc) is 1.69. The molecule has 2 nitrogen and oxygen atoms in total. The Labute approximate surface area is 57.6 Å². The van der Waals surface area contributed by atoms with Crippen LogP contribution in [-0.2, 0) is 0 Å². The van der Waals surface area contributed by atoms with Gasteiger partial charge in [-0.2, -0.15) is 0 Å². The van der Waals surface area contributed by atoms with Crippen molar-refractivity contribution in [2.24, 2.45) is 5.73 Å². The summed E-state index contributed by atoms with van der Waals surface area (Å²) in [5.74, 6) is 0. The molecule has 0 radical (unpaired) electrons. The molecule has 0 aromatic carbocycles. The first-order chi connectivity index (χ1) is 3.33. The minimum absolute atomic E-state index is 0. The van der Waals surface area contributed by atoms with E-state index in [4.69, 9.17) is 5.73 Å². The van der Waals surface area contributed by atoms with E-state index in [2.05, 4.69) is 11.9 Å². The van der Waals surface area contributed by atoms with Gasteiger partial charge in [0.05, 0.1) is 0 Å². The summed E-state index contributed by atoms with van der Waals surface area (Å²) in [6.45, 7) is 3.94. The molecular weight excluding hydrogens is 124 g/mol. The number of nitrogens with two attached hydrogens (primary N) is 1. The lowest BCUT2D eigenvalue weighted by Crippen LogP contribution is -1.90. The smallest absolute Gasteiger partial charge is 0.0104 e. The lowest BCUT2D eigenvalue weighted by molar-refractivity contribution is 1.02. The van der Waals surface area contributed by atoms with Crippen LogP contribution in [0.15, 0.2) is 12.7 Å². The number of rotatable bonds is 1. The fourth-order valence-electron chi connectivity index (χ4n) is 0. The summed E-state index contributed by atoms with van der Waals surface area (Å²) in [5.41, 5.74) is 4.91. The van der Waals surface area contributed by atoms with Gasteiger partial charge in [-0.15, -0.1) is 19.0 Å². The molecule has 0 aliphatic rings. The Kier molecular flexibility index (Phi) is 55.4. The van der Waals surface area contributed by atoms with E-state index in [1.165, 1.54) is 0 Å². The van der Waals surface area contributed by atoms with Crippen LogP contribution < -0.4 is 11.1 Å². The molecule has 3 N–H and O–H groups in total. The molecule has 52 valence electrons. The van der Waals surface area contributed by atoms with Crippen molar-refractivity contribution < 1.29 is 0 Å². The van der Waals surface area contributed by atoms with E-state index in [9.17, 15) is 0 Å². The minimum Gasteiger partial charge on any atom is -0.327 e. The molecule has 3 heteroatoms. The SMILES string of the molecule is C=CCN.CNC.Cl. The van der Waals surface area contributed by atoms with Gasteiger partial charge in [-0.25, -0.2) is 0 Å². The zero-order chi connectivity index (χ0) is 6.12. The van der Waals surface area contributed by atoms with E-state index in [0.29, 0.717) is 6.54 Å². The van der Waals surface area contributed by atoms with Gasteiger partial charge in [0.2, 0.25) is 0 Å². The van der Waals surface area contributed by atoms with Crippen molar-refractivity contribution in [3.63, 3.8) is 0 Å². The van der Waals surface area contributed by atoms with Crippen LogP contribution in [0.1, 0.15) is 0 Å². The standard InChI is InChI=1S/C3H7N.C2H7N.ClH/c1-2-3-4;1-3-2;/h2H,1,3-4H2;3H,1-2H3;1H. The predicted octanol–water partition coefficient (Wildman–Crippen LogP) is 0.389. The van der Waals surface area contributed by atoms with Gasteiger partial charge in [0.1, 0.15) is 0 Å². The lowest BCUT2D eigenvalue weighted by atomic mass is 10.7. The molecule has 0 fully saturated rings. The average molecular weight is 139 g/mol. The summed E-state index contributed by atoms with van der Waals surface area (Å²) >= 11 is 0. The second-order valence-electron chi connectivity index (χ2n) is 1.02. The van der Waals surface area contributed by atoms with Gasteiger partial charge in [0, 0.05) is 6.54 Å². The zero-order valence-electron chi connectivity index (χ0n) is 5.48. The Balaban J connectivity index is -0.0000000575. The molecule has 0 saturated heterocycles.